The zero-order valence-electron chi connectivity index (χ0n) is 22.8. The molecule has 2 heterocycles. The monoisotopic (exact) mass is 552 g/mol. The summed E-state index contributed by atoms with van der Waals surface area (Å²) in [5.41, 5.74) is 10.2. The minimum Gasteiger partial charge on any atom is -0.480 e. The average Bonchev–Trinajstić information content (AvgIpc) is 3.71. The average molecular weight is 553 g/mol. The number of nitrogens with zero attached hydrogens (tertiary/aromatic N) is 4. The number of hydrogen-bond acceptors (Lipinski definition) is 9. The van der Waals surface area contributed by atoms with Crippen LogP contribution in [0.5, 0.6) is 0 Å². The summed E-state index contributed by atoms with van der Waals surface area (Å²) in [6.07, 6.45) is 3.39. The van der Waals surface area contributed by atoms with Crippen LogP contribution in [0.1, 0.15) is 56.5 Å². The molecular formula is C28H34ClFN8O. The molecular weight excluding hydrogens is 519 g/mol. The predicted molar refractivity (Wildman–Crippen MR) is 152 cm³/mol. The summed E-state index contributed by atoms with van der Waals surface area (Å²) in [6.45, 7) is 8.64. The quantitative estimate of drug-likeness (QED) is 0.120. The van der Waals surface area contributed by atoms with E-state index in [0.717, 1.165) is 12.8 Å². The van der Waals surface area contributed by atoms with Crippen LogP contribution in [0.15, 0.2) is 42.0 Å². The van der Waals surface area contributed by atoms with E-state index in [1.54, 1.807) is 19.1 Å². The fourth-order valence-electron chi connectivity index (χ4n) is 4.32. The van der Waals surface area contributed by atoms with Crippen molar-refractivity contribution in [3.8, 4) is 6.07 Å². The van der Waals surface area contributed by atoms with Crippen molar-refractivity contribution >= 4 is 33.9 Å². The number of nitrogens with two attached hydrogens (primary N) is 2. The Morgan fingerprint density at radius 1 is 1.33 bits per heavy atom. The van der Waals surface area contributed by atoms with Gasteiger partial charge in [0.05, 0.1) is 40.6 Å². The molecule has 1 unspecified atom stereocenters. The van der Waals surface area contributed by atoms with E-state index in [0.29, 0.717) is 62.2 Å². The Hall–Kier alpha value is -3.81. The van der Waals surface area contributed by atoms with E-state index < -0.39 is 12.0 Å². The molecule has 3 aromatic rings. The van der Waals surface area contributed by atoms with E-state index in [1.165, 1.54) is 24.4 Å². The number of benzene rings is 1. The molecule has 4 rings (SSSR count). The third kappa shape index (κ3) is 6.27. The molecule has 1 aliphatic rings. The smallest absolute Gasteiger partial charge is 0.225 e. The van der Waals surface area contributed by atoms with Gasteiger partial charge in [-0.3, -0.25) is 9.99 Å². The Bertz CT molecular complexity index is 1460. The van der Waals surface area contributed by atoms with Gasteiger partial charge in [0.15, 0.2) is 0 Å². The molecule has 1 aliphatic carbocycles. The maximum atomic E-state index is 13.9. The van der Waals surface area contributed by atoms with E-state index >= 15 is 0 Å². The second kappa shape index (κ2) is 11.1. The van der Waals surface area contributed by atoms with Crippen molar-refractivity contribution in [2.45, 2.75) is 52.6 Å². The lowest BCUT2D eigenvalue weighted by atomic mass is 9.96. The molecule has 6 N–H and O–H groups in total. The minimum absolute atomic E-state index is 0.0361. The fourth-order valence-corrected chi connectivity index (χ4v) is 4.59. The summed E-state index contributed by atoms with van der Waals surface area (Å²) in [5, 5.41) is 19.2. The van der Waals surface area contributed by atoms with Gasteiger partial charge < -0.3 is 21.1 Å². The zero-order chi connectivity index (χ0) is 28.5. The number of halogens is 2. The van der Waals surface area contributed by atoms with Crippen molar-refractivity contribution in [2.75, 3.05) is 24.3 Å². The van der Waals surface area contributed by atoms with E-state index in [9.17, 15) is 9.65 Å². The van der Waals surface area contributed by atoms with Crippen molar-refractivity contribution in [3.63, 3.8) is 0 Å². The lowest BCUT2D eigenvalue weighted by molar-refractivity contribution is 0.141. The van der Waals surface area contributed by atoms with Gasteiger partial charge >= 0.3 is 0 Å². The number of hydrogen-bond donors (Lipinski definition) is 4. The van der Waals surface area contributed by atoms with Crippen LogP contribution >= 0.6 is 11.6 Å². The summed E-state index contributed by atoms with van der Waals surface area (Å²) < 4.78 is 19.5. The van der Waals surface area contributed by atoms with Gasteiger partial charge in [0.1, 0.15) is 6.07 Å². The molecule has 0 bridgehead atoms. The number of nitrogens with one attached hydrogen (secondary N) is 2. The minimum atomic E-state index is -0.690. The van der Waals surface area contributed by atoms with Gasteiger partial charge in [-0.15, -0.1) is 0 Å². The van der Waals surface area contributed by atoms with Gasteiger partial charge in [0, 0.05) is 41.1 Å². The van der Waals surface area contributed by atoms with Crippen LogP contribution < -0.4 is 22.2 Å². The first-order valence-corrected chi connectivity index (χ1v) is 13.0. The third-order valence-corrected chi connectivity index (χ3v) is 6.77. The van der Waals surface area contributed by atoms with Crippen molar-refractivity contribution in [3.05, 3.63) is 69.8 Å². The van der Waals surface area contributed by atoms with Gasteiger partial charge in [-0.05, 0) is 43.4 Å². The summed E-state index contributed by atoms with van der Waals surface area (Å²) in [5.74, 6) is 6.04. The molecule has 1 saturated carbocycles. The van der Waals surface area contributed by atoms with E-state index in [4.69, 9.17) is 27.9 Å². The Kier molecular flexibility index (Phi) is 8.04. The van der Waals surface area contributed by atoms with Gasteiger partial charge in [0.25, 0.3) is 0 Å². The lowest BCUT2D eigenvalue weighted by Crippen LogP contribution is -2.37. The summed E-state index contributed by atoms with van der Waals surface area (Å²) >= 11 is 6.70. The molecule has 0 aliphatic heterocycles. The number of hydrazine groups is 1. The number of rotatable bonds is 9. The fraction of sp³-hybridized carbons (Fsp3) is 0.393. The Morgan fingerprint density at radius 2 is 2.05 bits per heavy atom. The summed E-state index contributed by atoms with van der Waals surface area (Å²) in [4.78, 5) is 8.43. The topological polar surface area (TPSA) is 138 Å². The van der Waals surface area contributed by atoms with Gasteiger partial charge in [-0.2, -0.15) is 9.65 Å². The van der Waals surface area contributed by atoms with Crippen molar-refractivity contribution < 1.29 is 9.13 Å². The molecule has 1 aromatic carbocycles. The number of methoxy groups -OCH3 is 1. The number of ether oxygens (including phenoxy) is 1. The van der Waals surface area contributed by atoms with Gasteiger partial charge in [0.2, 0.25) is 11.8 Å². The van der Waals surface area contributed by atoms with E-state index in [-0.39, 0.29) is 11.5 Å². The highest BCUT2D eigenvalue weighted by molar-refractivity contribution is 6.35. The van der Waals surface area contributed by atoms with Crippen molar-refractivity contribution in [2.24, 2.45) is 17.0 Å². The Labute approximate surface area is 233 Å². The summed E-state index contributed by atoms with van der Waals surface area (Å²) in [7, 11) is 1.51. The molecule has 9 nitrogen and oxygen atoms in total. The molecule has 0 spiro atoms. The predicted octanol–water partition coefficient (Wildman–Crippen LogP) is 5.33. The van der Waals surface area contributed by atoms with Crippen LogP contribution in [0.3, 0.4) is 0 Å². The van der Waals surface area contributed by atoms with Crippen LogP contribution in [-0.4, -0.2) is 34.7 Å². The SMILES string of the molecule is CO/C(=C(/N)C(Nc1cc(Cl)c2ncc(C#N)c(NCC(C)(C)C)c2c1)c1ccc(F)nc1C)N(N)C1CC1. The number of nitriles is 1. The van der Waals surface area contributed by atoms with Gasteiger partial charge in [-0.25, -0.2) is 10.8 Å². The number of pyridine rings is 2. The first kappa shape index (κ1) is 28.2. The van der Waals surface area contributed by atoms with E-state index in [2.05, 4.69) is 47.4 Å². The molecule has 0 saturated heterocycles. The highest BCUT2D eigenvalue weighted by Gasteiger charge is 2.33. The first-order valence-electron chi connectivity index (χ1n) is 12.7. The van der Waals surface area contributed by atoms with Crippen molar-refractivity contribution in [1.29, 1.82) is 5.26 Å². The van der Waals surface area contributed by atoms with Crippen LogP contribution in [0.2, 0.25) is 5.02 Å². The highest BCUT2D eigenvalue weighted by Crippen LogP contribution is 2.37. The number of aryl methyl sites for hydroxylation is 1. The van der Waals surface area contributed by atoms with E-state index in [1.807, 2.05) is 6.07 Å². The number of fused-ring (bicyclic) bond motifs is 1. The van der Waals surface area contributed by atoms with Crippen LogP contribution in [0, 0.1) is 29.6 Å². The maximum Gasteiger partial charge on any atom is 0.225 e. The summed E-state index contributed by atoms with van der Waals surface area (Å²) in [6, 6.07) is 8.16. The van der Waals surface area contributed by atoms with Crippen LogP contribution in [-0.2, 0) is 4.74 Å². The maximum absolute atomic E-state index is 13.9. The first-order chi connectivity index (χ1) is 18.4. The van der Waals surface area contributed by atoms with Crippen LogP contribution in [0.25, 0.3) is 10.9 Å². The standard InChI is InChI=1S/C28H34ClFN8O/c1-15-19(8-9-22(30)36-15)26(23(32)27(39-5)38(33)18-6-7-18)37-17-10-20-24(35-14-28(2,3)4)16(12-31)13-34-25(20)21(29)11-17/h8-11,13,18,26,37H,6-7,14,32-33H2,1-5H3,(H,34,35)/b27-23+. The lowest BCUT2D eigenvalue weighted by Gasteiger charge is -2.28. The molecule has 1 fully saturated rings. The Balaban J connectivity index is 1.85. The third-order valence-electron chi connectivity index (χ3n) is 6.48. The largest absolute Gasteiger partial charge is 0.480 e. The van der Waals surface area contributed by atoms with Crippen LogP contribution in [0.4, 0.5) is 15.8 Å². The molecule has 0 amide bonds. The second-order valence-electron chi connectivity index (χ2n) is 10.9. The second-order valence-corrected chi connectivity index (χ2v) is 11.3. The normalized spacial score (nSPS) is 14.8. The number of aromatic nitrogens is 2. The molecule has 2 aromatic heterocycles. The Morgan fingerprint density at radius 3 is 2.64 bits per heavy atom. The molecule has 39 heavy (non-hydrogen) atoms. The van der Waals surface area contributed by atoms with Gasteiger partial charge in [-0.1, -0.05) is 38.4 Å². The number of anilines is 2. The molecule has 11 heteroatoms. The highest BCUT2D eigenvalue weighted by atomic mass is 35.5. The molecule has 206 valence electrons. The zero-order valence-corrected chi connectivity index (χ0v) is 23.5. The van der Waals surface area contributed by atoms with Crippen molar-refractivity contribution in [1.82, 2.24) is 15.0 Å². The molecule has 0 radical (unpaired) electrons. The molecule has 1 atom stereocenters.